The number of hydrogen-bond donors (Lipinski definition) is 1. The lowest BCUT2D eigenvalue weighted by Crippen LogP contribution is -2.42. The molecule has 1 heterocycles. The van der Waals surface area contributed by atoms with Gasteiger partial charge in [-0.1, -0.05) is 19.9 Å². The molecule has 0 bridgehead atoms. The van der Waals surface area contributed by atoms with Gasteiger partial charge in [0.25, 0.3) is 0 Å². The second-order valence-corrected chi connectivity index (χ2v) is 6.24. The fourth-order valence-electron chi connectivity index (χ4n) is 3.72. The molecule has 1 aromatic carbocycles. The van der Waals surface area contributed by atoms with Crippen LogP contribution in [0.2, 0.25) is 0 Å². The number of fused-ring (bicyclic) bond motifs is 1. The maximum Gasteiger partial charge on any atom is 0.129 e. The fraction of sp³-hybridized carbons (Fsp3) is 0.562. The van der Waals surface area contributed by atoms with Gasteiger partial charge in [-0.15, -0.1) is 0 Å². The molecule has 1 N–H and O–H groups in total. The minimum atomic E-state index is -0.240. The van der Waals surface area contributed by atoms with Gasteiger partial charge in [0.05, 0.1) is 0 Å². The molecule has 3 heteroatoms. The molecule has 1 aliphatic carbocycles. The van der Waals surface area contributed by atoms with E-state index < -0.39 is 0 Å². The number of nitrogens with one attached hydrogen (secondary N) is 1. The molecule has 3 rings (SSSR count). The van der Waals surface area contributed by atoms with E-state index in [0.717, 1.165) is 30.0 Å². The first-order chi connectivity index (χ1) is 9.06. The van der Waals surface area contributed by atoms with Gasteiger partial charge in [-0.2, -0.15) is 0 Å². The van der Waals surface area contributed by atoms with Gasteiger partial charge in [-0.25, -0.2) is 4.39 Å². The third-order valence-electron chi connectivity index (χ3n) is 4.74. The topological polar surface area (TPSA) is 27.1 Å². The molecule has 0 radical (unpaired) electrons. The molecule has 0 aromatic heterocycles. The molecule has 1 aliphatic heterocycles. The summed E-state index contributed by atoms with van der Waals surface area (Å²) in [6, 6.07) is 5.28. The Labute approximate surface area is 114 Å². The van der Waals surface area contributed by atoms with Crippen molar-refractivity contribution in [1.82, 2.24) is 4.90 Å². The molecular weight excluding hydrogens is 239 g/mol. The lowest BCUT2D eigenvalue weighted by atomic mass is 9.79. The normalized spacial score (nSPS) is 30.6. The summed E-state index contributed by atoms with van der Waals surface area (Å²) < 4.78 is 13.3. The Bertz CT molecular complexity index is 511. The van der Waals surface area contributed by atoms with Crippen LogP contribution in [0.25, 0.3) is 0 Å². The first-order valence-corrected chi connectivity index (χ1v) is 7.20. The van der Waals surface area contributed by atoms with Gasteiger partial charge < -0.3 is 4.90 Å². The minimum Gasteiger partial charge on any atom is -0.349 e. The van der Waals surface area contributed by atoms with E-state index in [4.69, 9.17) is 5.41 Å². The number of halogens is 1. The molecule has 19 heavy (non-hydrogen) atoms. The predicted octanol–water partition coefficient (Wildman–Crippen LogP) is 3.79. The van der Waals surface area contributed by atoms with E-state index in [9.17, 15) is 4.39 Å². The molecule has 0 amide bonds. The maximum absolute atomic E-state index is 13.3. The third kappa shape index (κ3) is 2.15. The molecule has 1 saturated carbocycles. The highest BCUT2D eigenvalue weighted by Crippen LogP contribution is 2.36. The van der Waals surface area contributed by atoms with Crippen LogP contribution in [0.5, 0.6) is 0 Å². The Morgan fingerprint density at radius 3 is 2.79 bits per heavy atom. The molecule has 3 atom stereocenters. The molecule has 1 fully saturated rings. The monoisotopic (exact) mass is 260 g/mol. The van der Waals surface area contributed by atoms with Gasteiger partial charge in [0, 0.05) is 18.2 Å². The summed E-state index contributed by atoms with van der Waals surface area (Å²) in [6.45, 7) is 5.38. The summed E-state index contributed by atoms with van der Waals surface area (Å²) in [5, 5.41) is 8.32. The average Bonchev–Trinajstić information content (AvgIpc) is 2.67. The Kier molecular flexibility index (Phi) is 3.08. The standard InChI is InChI=1S/C16H21FN2/c1-10-3-6-15(11(2)7-10)19-9-12-4-5-13(17)8-14(12)16(19)18/h4-5,8,10-11,15,18H,3,6-7,9H2,1-2H3. The van der Waals surface area contributed by atoms with Gasteiger partial charge in [0.2, 0.25) is 0 Å². The SMILES string of the molecule is CC1CCC(N2Cc3ccc(F)cc3C2=N)C(C)C1. The first kappa shape index (κ1) is 12.6. The smallest absolute Gasteiger partial charge is 0.129 e. The molecule has 102 valence electrons. The molecule has 0 spiro atoms. The van der Waals surface area contributed by atoms with Crippen LogP contribution in [0.3, 0.4) is 0 Å². The van der Waals surface area contributed by atoms with E-state index in [2.05, 4.69) is 18.7 Å². The Morgan fingerprint density at radius 1 is 1.26 bits per heavy atom. The van der Waals surface area contributed by atoms with E-state index >= 15 is 0 Å². The van der Waals surface area contributed by atoms with Gasteiger partial charge >= 0.3 is 0 Å². The van der Waals surface area contributed by atoms with Gasteiger partial charge in [0.15, 0.2) is 0 Å². The van der Waals surface area contributed by atoms with E-state index in [1.54, 1.807) is 0 Å². The van der Waals surface area contributed by atoms with E-state index in [-0.39, 0.29) is 5.82 Å². The van der Waals surface area contributed by atoms with Gasteiger partial charge in [0.1, 0.15) is 11.7 Å². The van der Waals surface area contributed by atoms with Crippen molar-refractivity contribution in [1.29, 1.82) is 5.41 Å². The number of amidine groups is 1. The molecule has 0 saturated heterocycles. The summed E-state index contributed by atoms with van der Waals surface area (Å²) in [5.74, 6) is 1.68. The fourth-order valence-corrected chi connectivity index (χ4v) is 3.72. The van der Waals surface area contributed by atoms with Gasteiger partial charge in [-0.3, -0.25) is 5.41 Å². The van der Waals surface area contributed by atoms with Crippen molar-refractivity contribution >= 4 is 5.84 Å². The average molecular weight is 260 g/mol. The van der Waals surface area contributed by atoms with E-state index in [1.165, 1.54) is 25.0 Å². The van der Waals surface area contributed by atoms with Crippen molar-refractivity contribution in [2.45, 2.75) is 45.7 Å². The lowest BCUT2D eigenvalue weighted by Gasteiger charge is -2.39. The zero-order valence-electron chi connectivity index (χ0n) is 11.6. The molecule has 2 aliphatic rings. The van der Waals surface area contributed by atoms with Crippen LogP contribution in [-0.2, 0) is 6.54 Å². The predicted molar refractivity (Wildman–Crippen MR) is 74.7 cm³/mol. The van der Waals surface area contributed by atoms with Crippen LogP contribution < -0.4 is 0 Å². The Morgan fingerprint density at radius 2 is 2.05 bits per heavy atom. The zero-order chi connectivity index (χ0) is 13.6. The molecule has 3 unspecified atom stereocenters. The highest BCUT2D eigenvalue weighted by atomic mass is 19.1. The summed E-state index contributed by atoms with van der Waals surface area (Å²) in [4.78, 5) is 2.18. The first-order valence-electron chi connectivity index (χ1n) is 7.20. The van der Waals surface area contributed by atoms with E-state index in [1.807, 2.05) is 6.07 Å². The van der Waals surface area contributed by atoms with Crippen molar-refractivity contribution in [3.05, 3.63) is 35.1 Å². The quantitative estimate of drug-likeness (QED) is 0.817. The minimum absolute atomic E-state index is 0.240. The lowest BCUT2D eigenvalue weighted by molar-refractivity contribution is 0.150. The number of benzene rings is 1. The largest absolute Gasteiger partial charge is 0.349 e. The van der Waals surface area contributed by atoms with Crippen LogP contribution in [0.1, 0.15) is 44.2 Å². The molecule has 1 aromatic rings. The van der Waals surface area contributed by atoms with Crippen LogP contribution in [0.15, 0.2) is 18.2 Å². The summed E-state index contributed by atoms with van der Waals surface area (Å²) >= 11 is 0. The number of hydrogen-bond acceptors (Lipinski definition) is 1. The zero-order valence-corrected chi connectivity index (χ0v) is 11.6. The van der Waals surface area contributed by atoms with Crippen LogP contribution in [0, 0.1) is 23.1 Å². The van der Waals surface area contributed by atoms with Crippen LogP contribution in [-0.4, -0.2) is 16.8 Å². The van der Waals surface area contributed by atoms with Crippen molar-refractivity contribution < 1.29 is 4.39 Å². The third-order valence-corrected chi connectivity index (χ3v) is 4.74. The van der Waals surface area contributed by atoms with Crippen molar-refractivity contribution in [2.75, 3.05) is 0 Å². The molecular formula is C16H21FN2. The van der Waals surface area contributed by atoms with Crippen molar-refractivity contribution in [3.8, 4) is 0 Å². The highest BCUT2D eigenvalue weighted by Gasteiger charge is 2.35. The number of nitrogens with zero attached hydrogens (tertiary/aromatic N) is 1. The highest BCUT2D eigenvalue weighted by molar-refractivity contribution is 6.00. The molecule has 2 nitrogen and oxygen atoms in total. The Balaban J connectivity index is 1.84. The summed E-state index contributed by atoms with van der Waals surface area (Å²) in [6.07, 6.45) is 3.63. The summed E-state index contributed by atoms with van der Waals surface area (Å²) in [7, 11) is 0. The van der Waals surface area contributed by atoms with Crippen LogP contribution in [0.4, 0.5) is 4.39 Å². The van der Waals surface area contributed by atoms with Crippen molar-refractivity contribution in [3.63, 3.8) is 0 Å². The Hall–Kier alpha value is -1.38. The second kappa shape index (κ2) is 4.62. The second-order valence-electron chi connectivity index (χ2n) is 6.24. The van der Waals surface area contributed by atoms with Crippen LogP contribution >= 0.6 is 0 Å². The summed E-state index contributed by atoms with van der Waals surface area (Å²) in [5.41, 5.74) is 1.88. The van der Waals surface area contributed by atoms with E-state index in [0.29, 0.717) is 17.8 Å². The number of rotatable bonds is 1. The van der Waals surface area contributed by atoms with Gasteiger partial charge in [-0.05, 0) is 48.8 Å². The maximum atomic E-state index is 13.3. The van der Waals surface area contributed by atoms with Crippen molar-refractivity contribution in [2.24, 2.45) is 11.8 Å².